The van der Waals surface area contributed by atoms with E-state index in [-0.39, 0.29) is 0 Å². The SMILES string of the molecule is CN(CCN)Cc1nc(-c2cccs2)no1. The first-order valence-electron chi connectivity index (χ1n) is 5.04. The van der Waals surface area contributed by atoms with Crippen molar-refractivity contribution < 1.29 is 4.52 Å². The van der Waals surface area contributed by atoms with Crippen molar-refractivity contribution in [3.63, 3.8) is 0 Å². The molecule has 0 saturated carbocycles. The van der Waals surface area contributed by atoms with Gasteiger partial charge in [0.1, 0.15) is 0 Å². The van der Waals surface area contributed by atoms with Crippen molar-refractivity contribution in [1.82, 2.24) is 15.0 Å². The highest BCUT2D eigenvalue weighted by atomic mass is 32.1. The summed E-state index contributed by atoms with van der Waals surface area (Å²) in [4.78, 5) is 7.40. The van der Waals surface area contributed by atoms with Gasteiger partial charge in [-0.05, 0) is 18.5 Å². The molecule has 0 fully saturated rings. The van der Waals surface area contributed by atoms with Crippen molar-refractivity contribution in [3.05, 3.63) is 23.4 Å². The van der Waals surface area contributed by atoms with Gasteiger partial charge < -0.3 is 10.3 Å². The molecular formula is C10H14N4OS. The van der Waals surface area contributed by atoms with E-state index in [4.69, 9.17) is 10.3 Å². The van der Waals surface area contributed by atoms with Gasteiger partial charge in [0.15, 0.2) is 0 Å². The summed E-state index contributed by atoms with van der Waals surface area (Å²) in [7, 11) is 1.97. The van der Waals surface area contributed by atoms with E-state index in [1.54, 1.807) is 11.3 Å². The summed E-state index contributed by atoms with van der Waals surface area (Å²) in [5, 5.41) is 5.93. The molecule has 0 spiro atoms. The molecule has 0 bridgehead atoms. The summed E-state index contributed by atoms with van der Waals surface area (Å²) in [6.45, 7) is 2.08. The molecule has 0 radical (unpaired) electrons. The van der Waals surface area contributed by atoms with E-state index >= 15 is 0 Å². The van der Waals surface area contributed by atoms with Crippen LogP contribution in [0.1, 0.15) is 5.89 Å². The third-order valence-corrected chi connectivity index (χ3v) is 2.99. The lowest BCUT2D eigenvalue weighted by Gasteiger charge is -2.11. The number of rotatable bonds is 5. The third kappa shape index (κ3) is 2.66. The van der Waals surface area contributed by atoms with E-state index in [0.29, 0.717) is 24.8 Å². The Morgan fingerprint density at radius 2 is 2.44 bits per heavy atom. The van der Waals surface area contributed by atoms with Crippen LogP contribution in [0, 0.1) is 0 Å². The Morgan fingerprint density at radius 1 is 1.56 bits per heavy atom. The monoisotopic (exact) mass is 238 g/mol. The van der Waals surface area contributed by atoms with Gasteiger partial charge in [0.2, 0.25) is 11.7 Å². The zero-order valence-electron chi connectivity index (χ0n) is 9.09. The molecule has 2 N–H and O–H groups in total. The first-order chi connectivity index (χ1) is 7.79. The fourth-order valence-electron chi connectivity index (χ4n) is 1.36. The van der Waals surface area contributed by atoms with Crippen LogP contribution in [-0.4, -0.2) is 35.2 Å². The Bertz CT molecular complexity index is 426. The first kappa shape index (κ1) is 11.3. The Morgan fingerprint density at radius 3 is 3.12 bits per heavy atom. The van der Waals surface area contributed by atoms with Gasteiger partial charge in [-0.15, -0.1) is 11.3 Å². The summed E-state index contributed by atoms with van der Waals surface area (Å²) in [5.74, 6) is 1.28. The molecule has 0 amide bonds. The number of nitrogens with zero attached hydrogens (tertiary/aromatic N) is 3. The molecule has 6 heteroatoms. The lowest BCUT2D eigenvalue weighted by Crippen LogP contribution is -2.25. The second kappa shape index (κ2) is 5.20. The molecule has 5 nitrogen and oxygen atoms in total. The molecule has 2 aromatic rings. The molecule has 0 aliphatic heterocycles. The lowest BCUT2D eigenvalue weighted by atomic mass is 10.4. The van der Waals surface area contributed by atoms with Crippen molar-refractivity contribution >= 4 is 11.3 Å². The van der Waals surface area contributed by atoms with E-state index in [0.717, 1.165) is 11.4 Å². The van der Waals surface area contributed by atoms with Gasteiger partial charge in [-0.1, -0.05) is 11.2 Å². The minimum Gasteiger partial charge on any atom is -0.338 e. The minimum atomic E-state index is 0.624. The van der Waals surface area contributed by atoms with Crippen LogP contribution >= 0.6 is 11.3 Å². The normalized spacial score (nSPS) is 11.2. The zero-order chi connectivity index (χ0) is 11.4. The predicted molar refractivity (Wildman–Crippen MR) is 63.0 cm³/mol. The second-order valence-electron chi connectivity index (χ2n) is 3.52. The first-order valence-corrected chi connectivity index (χ1v) is 5.92. The Hall–Kier alpha value is -1.24. The second-order valence-corrected chi connectivity index (χ2v) is 4.46. The fraction of sp³-hybridized carbons (Fsp3) is 0.400. The smallest absolute Gasteiger partial charge is 0.241 e. The molecule has 0 aliphatic rings. The zero-order valence-corrected chi connectivity index (χ0v) is 9.91. The molecule has 86 valence electrons. The van der Waals surface area contributed by atoms with Gasteiger partial charge in [0.05, 0.1) is 11.4 Å². The van der Waals surface area contributed by atoms with Gasteiger partial charge in [-0.3, -0.25) is 4.90 Å². The van der Waals surface area contributed by atoms with Gasteiger partial charge in [0, 0.05) is 13.1 Å². The Labute approximate surface area is 97.9 Å². The summed E-state index contributed by atoms with van der Waals surface area (Å²) in [6.07, 6.45) is 0. The molecule has 2 rings (SSSR count). The minimum absolute atomic E-state index is 0.624. The molecule has 0 unspecified atom stereocenters. The van der Waals surface area contributed by atoms with Crippen LogP contribution in [0.5, 0.6) is 0 Å². The van der Waals surface area contributed by atoms with E-state index in [2.05, 4.69) is 10.1 Å². The Kier molecular flexibility index (Phi) is 3.66. The van der Waals surface area contributed by atoms with Crippen LogP contribution in [0.3, 0.4) is 0 Å². The maximum Gasteiger partial charge on any atom is 0.241 e. The van der Waals surface area contributed by atoms with Crippen molar-refractivity contribution in [2.24, 2.45) is 5.73 Å². The highest BCUT2D eigenvalue weighted by Gasteiger charge is 2.10. The van der Waals surface area contributed by atoms with Crippen LogP contribution < -0.4 is 5.73 Å². The molecule has 16 heavy (non-hydrogen) atoms. The maximum absolute atomic E-state index is 5.46. The van der Waals surface area contributed by atoms with E-state index < -0.39 is 0 Å². The van der Waals surface area contributed by atoms with Crippen molar-refractivity contribution in [2.45, 2.75) is 6.54 Å². The fourth-order valence-corrected chi connectivity index (χ4v) is 2.00. The third-order valence-electron chi connectivity index (χ3n) is 2.13. The summed E-state index contributed by atoms with van der Waals surface area (Å²) in [6, 6.07) is 3.94. The van der Waals surface area contributed by atoms with Crippen LogP contribution in [0.15, 0.2) is 22.0 Å². The molecule has 2 heterocycles. The Balaban J connectivity index is 2.03. The molecule has 0 atom stereocenters. The van der Waals surface area contributed by atoms with Gasteiger partial charge in [0.25, 0.3) is 0 Å². The summed E-state index contributed by atoms with van der Waals surface area (Å²) >= 11 is 1.60. The maximum atomic E-state index is 5.46. The quantitative estimate of drug-likeness (QED) is 0.847. The number of hydrogen-bond acceptors (Lipinski definition) is 6. The van der Waals surface area contributed by atoms with Crippen LogP contribution in [-0.2, 0) is 6.54 Å². The number of thiophene rings is 1. The predicted octanol–water partition coefficient (Wildman–Crippen LogP) is 1.19. The standard InChI is InChI=1S/C10H14N4OS/c1-14(5-4-11)7-9-12-10(13-15-9)8-3-2-6-16-8/h2-3,6H,4-5,7,11H2,1H3. The van der Waals surface area contributed by atoms with Gasteiger partial charge in [-0.25, -0.2) is 0 Å². The van der Waals surface area contributed by atoms with Crippen LogP contribution in [0.4, 0.5) is 0 Å². The average Bonchev–Trinajstić information content (AvgIpc) is 2.86. The van der Waals surface area contributed by atoms with Gasteiger partial charge in [-0.2, -0.15) is 4.98 Å². The number of nitrogens with two attached hydrogens (primary N) is 1. The van der Waals surface area contributed by atoms with Crippen molar-refractivity contribution in [2.75, 3.05) is 20.1 Å². The molecular weight excluding hydrogens is 224 g/mol. The molecule has 0 aliphatic carbocycles. The van der Waals surface area contributed by atoms with Crippen LogP contribution in [0.25, 0.3) is 10.7 Å². The highest BCUT2D eigenvalue weighted by Crippen LogP contribution is 2.21. The van der Waals surface area contributed by atoms with Crippen LogP contribution in [0.2, 0.25) is 0 Å². The van der Waals surface area contributed by atoms with Gasteiger partial charge >= 0.3 is 0 Å². The summed E-state index contributed by atoms with van der Waals surface area (Å²) < 4.78 is 5.17. The number of likely N-dealkylation sites (N-methyl/N-ethyl adjacent to an activating group) is 1. The molecule has 0 aromatic carbocycles. The number of hydrogen-bond donors (Lipinski definition) is 1. The van der Waals surface area contributed by atoms with Crippen molar-refractivity contribution in [3.8, 4) is 10.7 Å². The van der Waals surface area contributed by atoms with E-state index in [1.165, 1.54) is 0 Å². The topological polar surface area (TPSA) is 68.2 Å². The van der Waals surface area contributed by atoms with E-state index in [1.807, 2.05) is 29.5 Å². The lowest BCUT2D eigenvalue weighted by molar-refractivity contribution is 0.272. The molecule has 0 saturated heterocycles. The largest absolute Gasteiger partial charge is 0.338 e. The van der Waals surface area contributed by atoms with Crippen molar-refractivity contribution in [1.29, 1.82) is 0 Å². The average molecular weight is 238 g/mol. The molecule has 2 aromatic heterocycles. The highest BCUT2D eigenvalue weighted by molar-refractivity contribution is 7.13. The summed E-state index contributed by atoms with van der Waals surface area (Å²) in [5.41, 5.74) is 5.46. The van der Waals surface area contributed by atoms with E-state index in [9.17, 15) is 0 Å². The number of aromatic nitrogens is 2.